The van der Waals surface area contributed by atoms with Crippen LogP contribution >= 0.6 is 0 Å². The summed E-state index contributed by atoms with van der Waals surface area (Å²) < 4.78 is 0. The Morgan fingerprint density at radius 2 is 0.946 bits per heavy atom. The SMILES string of the molecule is CC1(C)c2ccccc2-c2ccc(N(c3ccc(-c4ccccc4)cc3)c3cccc(-c4cccc(-c5nc(-c6ccccc6)c6ccccc6n5)c4)c3)cc21. The second kappa shape index (κ2) is 13.6. The first-order valence-electron chi connectivity index (χ1n) is 19.2. The average molecular weight is 718 g/mol. The van der Waals surface area contributed by atoms with Crippen LogP contribution in [0.2, 0.25) is 0 Å². The molecule has 3 heteroatoms. The van der Waals surface area contributed by atoms with Crippen molar-refractivity contribution in [1.82, 2.24) is 9.97 Å². The molecular formula is C53H39N3. The number of hydrogen-bond acceptors (Lipinski definition) is 3. The van der Waals surface area contributed by atoms with Gasteiger partial charge in [0.15, 0.2) is 5.82 Å². The van der Waals surface area contributed by atoms with Gasteiger partial charge in [-0.25, -0.2) is 9.97 Å². The van der Waals surface area contributed by atoms with Gasteiger partial charge in [-0.1, -0.05) is 166 Å². The van der Waals surface area contributed by atoms with Crippen molar-refractivity contribution in [2.24, 2.45) is 0 Å². The fourth-order valence-electron chi connectivity index (χ4n) is 8.40. The summed E-state index contributed by atoms with van der Waals surface area (Å²) in [6.45, 7) is 4.69. The number of benzene rings is 8. The molecule has 0 fully saturated rings. The van der Waals surface area contributed by atoms with Gasteiger partial charge in [0.1, 0.15) is 0 Å². The number of para-hydroxylation sites is 1. The Morgan fingerprint density at radius 1 is 0.375 bits per heavy atom. The van der Waals surface area contributed by atoms with Crippen LogP contribution in [-0.2, 0) is 5.41 Å². The molecule has 8 aromatic carbocycles. The topological polar surface area (TPSA) is 29.0 Å². The maximum atomic E-state index is 5.17. The fourth-order valence-corrected chi connectivity index (χ4v) is 8.40. The summed E-state index contributed by atoms with van der Waals surface area (Å²) in [5.74, 6) is 0.711. The third kappa shape index (κ3) is 5.86. The van der Waals surface area contributed by atoms with Gasteiger partial charge in [0.2, 0.25) is 0 Å². The smallest absolute Gasteiger partial charge is 0.160 e. The van der Waals surface area contributed by atoms with E-state index < -0.39 is 0 Å². The maximum absolute atomic E-state index is 5.17. The second-order valence-corrected chi connectivity index (χ2v) is 15.1. The molecule has 0 saturated heterocycles. The summed E-state index contributed by atoms with van der Waals surface area (Å²) in [4.78, 5) is 12.6. The van der Waals surface area contributed by atoms with E-state index in [2.05, 4.69) is 207 Å². The highest BCUT2D eigenvalue weighted by atomic mass is 15.1. The predicted molar refractivity (Wildman–Crippen MR) is 234 cm³/mol. The summed E-state index contributed by atoms with van der Waals surface area (Å²) in [6, 6.07) is 71.4. The molecule has 1 aliphatic carbocycles. The molecule has 0 saturated carbocycles. The summed E-state index contributed by atoms with van der Waals surface area (Å²) in [5.41, 5.74) is 17.1. The van der Waals surface area contributed by atoms with Crippen molar-refractivity contribution in [3.05, 3.63) is 211 Å². The lowest BCUT2D eigenvalue weighted by molar-refractivity contribution is 0.660. The summed E-state index contributed by atoms with van der Waals surface area (Å²) in [7, 11) is 0. The molecule has 56 heavy (non-hydrogen) atoms. The lowest BCUT2D eigenvalue weighted by Crippen LogP contribution is -2.16. The van der Waals surface area contributed by atoms with Gasteiger partial charge in [0.05, 0.1) is 11.2 Å². The number of fused-ring (bicyclic) bond motifs is 4. The Kier molecular flexibility index (Phi) is 8.15. The van der Waals surface area contributed by atoms with Crippen LogP contribution < -0.4 is 4.90 Å². The largest absolute Gasteiger partial charge is 0.310 e. The van der Waals surface area contributed by atoms with Crippen LogP contribution in [-0.4, -0.2) is 9.97 Å². The first kappa shape index (κ1) is 33.5. The van der Waals surface area contributed by atoms with Gasteiger partial charge in [-0.2, -0.15) is 0 Å². The number of hydrogen-bond donors (Lipinski definition) is 0. The van der Waals surface area contributed by atoms with Crippen molar-refractivity contribution in [3.8, 4) is 56.0 Å². The highest BCUT2D eigenvalue weighted by molar-refractivity contribution is 5.94. The third-order valence-corrected chi connectivity index (χ3v) is 11.3. The standard InChI is InChI=1S/C53H39N3/c1-53(2)48-25-11-9-23-45(48)46-32-31-44(35-49(46)53)56(42-29-27-37(28-30-42)36-15-5-3-6-16-36)43-22-14-20-40(34-43)39-19-13-21-41(33-39)52-54-50-26-12-10-24-47(50)51(55-52)38-17-7-4-8-18-38/h3-35H,1-2H3. The van der Waals surface area contributed by atoms with Gasteiger partial charge in [0.25, 0.3) is 0 Å². The number of rotatable bonds is 7. The second-order valence-electron chi connectivity index (χ2n) is 15.1. The molecule has 0 atom stereocenters. The Bertz CT molecular complexity index is 2880. The summed E-state index contributed by atoms with van der Waals surface area (Å²) in [6.07, 6.45) is 0. The molecule has 266 valence electrons. The molecule has 9 aromatic rings. The van der Waals surface area contributed by atoms with Gasteiger partial charge in [-0.3, -0.25) is 0 Å². The van der Waals surface area contributed by atoms with Crippen molar-refractivity contribution in [1.29, 1.82) is 0 Å². The normalized spacial score (nSPS) is 12.6. The van der Waals surface area contributed by atoms with Gasteiger partial charge >= 0.3 is 0 Å². The van der Waals surface area contributed by atoms with Crippen LogP contribution in [0.4, 0.5) is 17.1 Å². The molecule has 1 heterocycles. The Balaban J connectivity index is 1.08. The Labute approximate surface area is 328 Å². The van der Waals surface area contributed by atoms with Crippen LogP contribution in [0.15, 0.2) is 200 Å². The molecule has 0 N–H and O–H groups in total. The Morgan fingerprint density at radius 3 is 1.75 bits per heavy atom. The number of anilines is 3. The third-order valence-electron chi connectivity index (χ3n) is 11.3. The van der Waals surface area contributed by atoms with Crippen molar-refractivity contribution < 1.29 is 0 Å². The van der Waals surface area contributed by atoms with Gasteiger partial charge in [0, 0.05) is 39.0 Å². The molecule has 0 unspecified atom stereocenters. The van der Waals surface area contributed by atoms with Gasteiger partial charge < -0.3 is 4.90 Å². The highest BCUT2D eigenvalue weighted by Gasteiger charge is 2.35. The van der Waals surface area contributed by atoms with E-state index in [1.807, 2.05) is 12.1 Å². The van der Waals surface area contributed by atoms with Crippen molar-refractivity contribution >= 4 is 28.0 Å². The quantitative estimate of drug-likeness (QED) is 0.164. The molecule has 10 rings (SSSR count). The van der Waals surface area contributed by atoms with E-state index in [-0.39, 0.29) is 5.41 Å². The van der Waals surface area contributed by atoms with Gasteiger partial charge in [-0.15, -0.1) is 0 Å². The fraction of sp³-hybridized carbons (Fsp3) is 0.0566. The van der Waals surface area contributed by atoms with Crippen LogP contribution in [0.5, 0.6) is 0 Å². The van der Waals surface area contributed by atoms with E-state index in [9.17, 15) is 0 Å². The minimum Gasteiger partial charge on any atom is -0.310 e. The minimum absolute atomic E-state index is 0.113. The lowest BCUT2D eigenvalue weighted by Gasteiger charge is -2.28. The molecule has 0 spiro atoms. The Hall–Kier alpha value is -7.10. The van der Waals surface area contributed by atoms with E-state index in [0.717, 1.165) is 55.9 Å². The van der Waals surface area contributed by atoms with Crippen molar-refractivity contribution in [2.75, 3.05) is 4.90 Å². The lowest BCUT2D eigenvalue weighted by atomic mass is 9.82. The first-order chi connectivity index (χ1) is 27.5. The molecule has 0 amide bonds. The summed E-state index contributed by atoms with van der Waals surface area (Å²) in [5, 5.41) is 1.04. The van der Waals surface area contributed by atoms with Crippen LogP contribution in [0.25, 0.3) is 66.9 Å². The molecule has 0 aliphatic heterocycles. The van der Waals surface area contributed by atoms with Crippen LogP contribution in [0.3, 0.4) is 0 Å². The van der Waals surface area contributed by atoms with E-state index >= 15 is 0 Å². The van der Waals surface area contributed by atoms with E-state index in [1.54, 1.807) is 0 Å². The zero-order valence-corrected chi connectivity index (χ0v) is 31.4. The molecule has 3 nitrogen and oxygen atoms in total. The molecule has 1 aromatic heterocycles. The first-order valence-corrected chi connectivity index (χ1v) is 19.2. The molecular weight excluding hydrogens is 679 g/mol. The van der Waals surface area contributed by atoms with Gasteiger partial charge in [-0.05, 0) is 93.0 Å². The van der Waals surface area contributed by atoms with E-state index in [4.69, 9.17) is 9.97 Å². The maximum Gasteiger partial charge on any atom is 0.160 e. The zero-order chi connectivity index (χ0) is 37.6. The number of nitrogens with zero attached hydrogens (tertiary/aromatic N) is 3. The van der Waals surface area contributed by atoms with Crippen LogP contribution in [0, 0.1) is 0 Å². The number of aromatic nitrogens is 2. The zero-order valence-electron chi connectivity index (χ0n) is 31.4. The van der Waals surface area contributed by atoms with Crippen molar-refractivity contribution in [3.63, 3.8) is 0 Å². The molecule has 0 bridgehead atoms. The van der Waals surface area contributed by atoms with Crippen LogP contribution in [0.1, 0.15) is 25.0 Å². The molecule has 1 aliphatic rings. The van der Waals surface area contributed by atoms with Crippen molar-refractivity contribution in [2.45, 2.75) is 19.3 Å². The highest BCUT2D eigenvalue weighted by Crippen LogP contribution is 2.50. The van der Waals surface area contributed by atoms with E-state index in [0.29, 0.717) is 5.82 Å². The molecule has 0 radical (unpaired) electrons. The predicted octanol–water partition coefficient (Wildman–Crippen LogP) is 14.1. The monoisotopic (exact) mass is 717 g/mol. The summed E-state index contributed by atoms with van der Waals surface area (Å²) >= 11 is 0. The minimum atomic E-state index is -0.113. The average Bonchev–Trinajstić information content (AvgIpc) is 3.49. The van der Waals surface area contributed by atoms with E-state index in [1.165, 1.54) is 33.4 Å².